The standard InChI is InChI=1S/C11H14ClN5O4/c1-11(20)6(19)4(2-18)21-9(11)17-3-14-5-7(12)15-10(13)16-8(5)17/h3-4,6,9,18-20H,2H2,1H3,(H2,13,15,16). The fourth-order valence-corrected chi connectivity index (χ4v) is 2.68. The second-order valence-corrected chi connectivity index (χ2v) is 5.43. The number of anilines is 1. The number of nitrogens with two attached hydrogens (primary N) is 1. The highest BCUT2D eigenvalue weighted by molar-refractivity contribution is 6.33. The number of imidazole rings is 1. The minimum absolute atomic E-state index is 0.0499. The van der Waals surface area contributed by atoms with Gasteiger partial charge in [0, 0.05) is 0 Å². The summed E-state index contributed by atoms with van der Waals surface area (Å²) < 4.78 is 6.90. The number of aromatic nitrogens is 4. The summed E-state index contributed by atoms with van der Waals surface area (Å²) >= 11 is 5.94. The summed E-state index contributed by atoms with van der Waals surface area (Å²) in [6.07, 6.45) is -1.83. The normalized spacial score (nSPS) is 32.9. The van der Waals surface area contributed by atoms with E-state index in [1.807, 2.05) is 0 Å². The van der Waals surface area contributed by atoms with Crippen LogP contribution in [0.5, 0.6) is 0 Å². The molecule has 1 aliphatic rings. The zero-order chi connectivity index (χ0) is 15.4. The van der Waals surface area contributed by atoms with Crippen LogP contribution in [0.25, 0.3) is 11.2 Å². The molecule has 3 heterocycles. The Morgan fingerprint density at radius 2 is 2.24 bits per heavy atom. The summed E-state index contributed by atoms with van der Waals surface area (Å²) in [5.41, 5.74) is 4.48. The highest BCUT2D eigenvalue weighted by Gasteiger charge is 2.53. The third-order valence-corrected chi connectivity index (χ3v) is 3.85. The number of aliphatic hydroxyl groups excluding tert-OH is 2. The SMILES string of the molecule is CC1(O)C(O)C(CO)OC1n1cnc2c(Cl)nc(N)nc21. The van der Waals surface area contributed by atoms with Crippen LogP contribution in [-0.2, 0) is 4.74 Å². The maximum atomic E-state index is 10.5. The van der Waals surface area contributed by atoms with Crippen molar-refractivity contribution in [2.75, 3.05) is 12.3 Å². The molecule has 2 aromatic heterocycles. The van der Waals surface area contributed by atoms with Gasteiger partial charge < -0.3 is 25.8 Å². The summed E-state index contributed by atoms with van der Waals surface area (Å²) in [7, 11) is 0. The van der Waals surface area contributed by atoms with Crippen molar-refractivity contribution in [2.45, 2.75) is 31.0 Å². The third-order valence-electron chi connectivity index (χ3n) is 3.58. The van der Waals surface area contributed by atoms with Crippen LogP contribution >= 0.6 is 11.6 Å². The first-order valence-corrected chi connectivity index (χ1v) is 6.56. The molecule has 0 bridgehead atoms. The highest BCUT2D eigenvalue weighted by Crippen LogP contribution is 2.39. The van der Waals surface area contributed by atoms with Gasteiger partial charge in [-0.25, -0.2) is 4.98 Å². The molecule has 4 unspecified atom stereocenters. The van der Waals surface area contributed by atoms with Crippen molar-refractivity contribution in [3.63, 3.8) is 0 Å². The van der Waals surface area contributed by atoms with Crippen LogP contribution in [-0.4, -0.2) is 59.3 Å². The lowest BCUT2D eigenvalue weighted by molar-refractivity contribution is -0.0950. The summed E-state index contributed by atoms with van der Waals surface area (Å²) in [6, 6.07) is 0. The van der Waals surface area contributed by atoms with Gasteiger partial charge in [-0.3, -0.25) is 4.57 Å². The fraction of sp³-hybridized carbons (Fsp3) is 0.545. The van der Waals surface area contributed by atoms with Gasteiger partial charge in [0.05, 0.1) is 12.9 Å². The Bertz CT molecular complexity index is 691. The molecule has 0 spiro atoms. The van der Waals surface area contributed by atoms with Gasteiger partial charge in [0.25, 0.3) is 0 Å². The molecule has 2 aromatic rings. The number of nitrogen functional groups attached to an aromatic ring is 1. The Balaban J connectivity index is 2.13. The van der Waals surface area contributed by atoms with Crippen LogP contribution in [0.15, 0.2) is 6.33 Å². The molecular formula is C11H14ClN5O4. The maximum absolute atomic E-state index is 10.5. The Morgan fingerprint density at radius 1 is 1.52 bits per heavy atom. The Morgan fingerprint density at radius 3 is 2.86 bits per heavy atom. The summed E-state index contributed by atoms with van der Waals surface area (Å²) in [4.78, 5) is 11.9. The second kappa shape index (κ2) is 4.75. The number of rotatable bonds is 2. The molecule has 1 saturated heterocycles. The summed E-state index contributed by atoms with van der Waals surface area (Å²) in [5.74, 6) is -0.0499. The molecule has 1 aliphatic heterocycles. The van der Waals surface area contributed by atoms with Crippen molar-refractivity contribution in [1.82, 2.24) is 19.5 Å². The average Bonchev–Trinajstić information content (AvgIpc) is 2.91. The van der Waals surface area contributed by atoms with E-state index in [0.29, 0.717) is 5.52 Å². The van der Waals surface area contributed by atoms with E-state index >= 15 is 0 Å². The highest BCUT2D eigenvalue weighted by atomic mass is 35.5. The lowest BCUT2D eigenvalue weighted by Crippen LogP contribution is -2.44. The van der Waals surface area contributed by atoms with Crippen molar-refractivity contribution in [1.29, 1.82) is 0 Å². The van der Waals surface area contributed by atoms with Crippen LogP contribution in [0.3, 0.4) is 0 Å². The number of fused-ring (bicyclic) bond motifs is 1. The van der Waals surface area contributed by atoms with Crippen LogP contribution in [0.2, 0.25) is 5.15 Å². The average molecular weight is 316 g/mol. The van der Waals surface area contributed by atoms with E-state index in [0.717, 1.165) is 0 Å². The van der Waals surface area contributed by atoms with Crippen LogP contribution < -0.4 is 5.73 Å². The molecule has 0 amide bonds. The van der Waals surface area contributed by atoms with E-state index in [-0.39, 0.29) is 16.7 Å². The number of nitrogens with zero attached hydrogens (tertiary/aromatic N) is 4. The molecule has 21 heavy (non-hydrogen) atoms. The van der Waals surface area contributed by atoms with Gasteiger partial charge in [-0.05, 0) is 6.92 Å². The van der Waals surface area contributed by atoms with Crippen molar-refractivity contribution in [2.24, 2.45) is 0 Å². The largest absolute Gasteiger partial charge is 0.394 e. The van der Waals surface area contributed by atoms with Gasteiger partial charge in [0.1, 0.15) is 23.3 Å². The molecule has 4 atom stereocenters. The van der Waals surface area contributed by atoms with Crippen LogP contribution in [0, 0.1) is 0 Å². The van der Waals surface area contributed by atoms with Gasteiger partial charge in [-0.2, -0.15) is 9.97 Å². The minimum Gasteiger partial charge on any atom is -0.394 e. The second-order valence-electron chi connectivity index (χ2n) is 5.08. The molecule has 0 saturated carbocycles. The predicted octanol–water partition coefficient (Wildman–Crippen LogP) is -0.937. The first-order valence-electron chi connectivity index (χ1n) is 6.18. The van der Waals surface area contributed by atoms with E-state index in [1.165, 1.54) is 17.8 Å². The predicted molar refractivity (Wildman–Crippen MR) is 72.4 cm³/mol. The van der Waals surface area contributed by atoms with E-state index in [1.54, 1.807) is 0 Å². The molecule has 1 fully saturated rings. The number of ether oxygens (including phenoxy) is 1. The number of aliphatic hydroxyl groups is 3. The first-order chi connectivity index (χ1) is 9.86. The molecule has 10 heteroatoms. The lowest BCUT2D eigenvalue weighted by Gasteiger charge is -2.27. The lowest BCUT2D eigenvalue weighted by atomic mass is 9.96. The minimum atomic E-state index is -1.65. The molecule has 9 nitrogen and oxygen atoms in total. The van der Waals surface area contributed by atoms with Gasteiger partial charge >= 0.3 is 0 Å². The quantitative estimate of drug-likeness (QED) is 0.521. The molecular weight excluding hydrogens is 302 g/mol. The first kappa shape index (κ1) is 14.4. The topological polar surface area (TPSA) is 140 Å². The summed E-state index contributed by atoms with van der Waals surface area (Å²) in [6.45, 7) is 0.967. The van der Waals surface area contributed by atoms with Crippen molar-refractivity contribution >= 4 is 28.7 Å². The third kappa shape index (κ3) is 2.05. The van der Waals surface area contributed by atoms with Gasteiger partial charge in [0.15, 0.2) is 17.0 Å². The molecule has 5 N–H and O–H groups in total. The van der Waals surface area contributed by atoms with E-state index in [9.17, 15) is 15.3 Å². The monoisotopic (exact) mass is 315 g/mol. The fourth-order valence-electron chi connectivity index (χ4n) is 2.46. The van der Waals surface area contributed by atoms with Gasteiger partial charge in [-0.1, -0.05) is 11.6 Å². The van der Waals surface area contributed by atoms with Crippen molar-refractivity contribution in [3.05, 3.63) is 11.5 Å². The van der Waals surface area contributed by atoms with Crippen molar-refractivity contribution in [3.8, 4) is 0 Å². The van der Waals surface area contributed by atoms with Crippen LogP contribution in [0.1, 0.15) is 13.2 Å². The zero-order valence-corrected chi connectivity index (χ0v) is 11.8. The summed E-state index contributed by atoms with van der Waals surface area (Å²) in [5, 5.41) is 29.7. The molecule has 0 aliphatic carbocycles. The number of halogens is 1. The number of hydrogen-bond donors (Lipinski definition) is 4. The Kier molecular flexibility index (Phi) is 3.26. The number of hydrogen-bond acceptors (Lipinski definition) is 8. The molecule has 0 aromatic carbocycles. The Labute approximate surface area is 124 Å². The molecule has 0 radical (unpaired) electrons. The zero-order valence-electron chi connectivity index (χ0n) is 11.0. The molecule has 114 valence electrons. The smallest absolute Gasteiger partial charge is 0.223 e. The van der Waals surface area contributed by atoms with E-state index in [4.69, 9.17) is 22.1 Å². The molecule has 3 rings (SSSR count). The Hall–Kier alpha value is -1.52. The van der Waals surface area contributed by atoms with Crippen LogP contribution in [0.4, 0.5) is 5.95 Å². The van der Waals surface area contributed by atoms with Crippen molar-refractivity contribution < 1.29 is 20.1 Å². The van der Waals surface area contributed by atoms with E-state index in [2.05, 4.69) is 15.0 Å². The maximum Gasteiger partial charge on any atom is 0.223 e. The van der Waals surface area contributed by atoms with E-state index < -0.39 is 30.6 Å². The van der Waals surface area contributed by atoms with Gasteiger partial charge in [-0.15, -0.1) is 0 Å². The van der Waals surface area contributed by atoms with Gasteiger partial charge in [0.2, 0.25) is 5.95 Å².